The van der Waals surface area contributed by atoms with E-state index in [1.54, 1.807) is 14.2 Å². The Balaban J connectivity index is 1.27. The second-order valence-corrected chi connectivity index (χ2v) is 21.2. The Morgan fingerprint density at radius 2 is 1.32 bits per heavy atom. The molecule has 0 saturated carbocycles. The van der Waals surface area contributed by atoms with E-state index in [0.717, 1.165) is 37.5 Å². The van der Waals surface area contributed by atoms with E-state index in [0.29, 0.717) is 24.3 Å². The predicted octanol–water partition coefficient (Wildman–Crippen LogP) is 7.13. The molecule has 23 heteroatoms. The van der Waals surface area contributed by atoms with Crippen LogP contribution in [0.3, 0.4) is 0 Å². The minimum Gasteiger partial charge on any atom is -0.497 e. The van der Waals surface area contributed by atoms with Gasteiger partial charge in [-0.15, -0.1) is 0 Å². The number of nitriles is 1. The van der Waals surface area contributed by atoms with Gasteiger partial charge in [-0.3, -0.25) is 33.5 Å². The maximum absolute atomic E-state index is 13.8. The molecule has 9 atom stereocenters. The van der Waals surface area contributed by atoms with Crippen LogP contribution in [0.1, 0.15) is 116 Å². The minimum absolute atomic E-state index is 0.0101. The number of aromatic amines is 1. The summed E-state index contributed by atoms with van der Waals surface area (Å²) in [7, 11) is 1.38. The van der Waals surface area contributed by atoms with Gasteiger partial charge >= 0.3 is 29.6 Å². The molecule has 1 aromatic heterocycles. The van der Waals surface area contributed by atoms with Crippen LogP contribution >= 0.6 is 8.53 Å². The molecule has 2 aliphatic heterocycles. The molecule has 442 valence electrons. The normalized spacial score (nSPS) is 21.0. The molecule has 82 heavy (non-hydrogen) atoms. The number of H-pyrrole nitrogens is 1. The Labute approximate surface area is 478 Å². The molecular weight excluding hydrogens is 1080 g/mol. The Kier molecular flexibility index (Phi) is 24.2. The average molecular weight is 1160 g/mol. The van der Waals surface area contributed by atoms with Crippen molar-refractivity contribution in [2.45, 2.75) is 154 Å². The smallest absolute Gasteiger partial charge is 0.330 e. The summed E-state index contributed by atoms with van der Waals surface area (Å²) in [5, 5.41) is 9.49. The van der Waals surface area contributed by atoms with E-state index < -0.39 is 105 Å². The number of nitrogens with one attached hydrogen (secondary N) is 1. The molecule has 2 aliphatic rings. The summed E-state index contributed by atoms with van der Waals surface area (Å²) >= 11 is 0. The summed E-state index contributed by atoms with van der Waals surface area (Å²) in [5.41, 5.74) is -0.351. The second kappa shape index (κ2) is 30.9. The zero-order chi connectivity index (χ0) is 59.5. The van der Waals surface area contributed by atoms with Gasteiger partial charge < -0.3 is 56.4 Å². The molecule has 3 heterocycles. The topological polar surface area (TPSA) is 261 Å². The number of rotatable bonds is 27. The number of unbranched alkanes of at least 4 members (excludes halogenated alkanes) is 2. The van der Waals surface area contributed by atoms with Crippen molar-refractivity contribution in [3.05, 3.63) is 128 Å². The first-order valence-electron chi connectivity index (χ1n) is 26.9. The summed E-state index contributed by atoms with van der Waals surface area (Å²) in [4.78, 5) is 78.0. The molecule has 2 saturated heterocycles. The van der Waals surface area contributed by atoms with Crippen molar-refractivity contribution in [1.82, 2.24) is 14.2 Å². The Morgan fingerprint density at radius 3 is 1.88 bits per heavy atom. The van der Waals surface area contributed by atoms with Gasteiger partial charge in [0.15, 0.2) is 24.6 Å². The number of ether oxygens (including phenoxy) is 10. The third kappa shape index (κ3) is 17.1. The van der Waals surface area contributed by atoms with Gasteiger partial charge in [-0.05, 0) is 81.5 Å². The van der Waals surface area contributed by atoms with Crippen molar-refractivity contribution in [1.29, 1.82) is 5.26 Å². The maximum atomic E-state index is 13.8. The van der Waals surface area contributed by atoms with E-state index in [1.807, 2.05) is 107 Å². The van der Waals surface area contributed by atoms with Gasteiger partial charge in [-0.25, -0.2) is 9.46 Å². The first-order chi connectivity index (χ1) is 39.3. The zero-order valence-electron chi connectivity index (χ0n) is 47.9. The third-order valence-electron chi connectivity index (χ3n) is 13.1. The molecule has 1 unspecified atom stereocenters. The molecule has 0 aliphatic carbocycles. The highest BCUT2D eigenvalue weighted by atomic mass is 31.2. The van der Waals surface area contributed by atoms with Crippen LogP contribution in [0.2, 0.25) is 0 Å². The van der Waals surface area contributed by atoms with E-state index in [2.05, 4.69) is 27.6 Å². The van der Waals surface area contributed by atoms with Crippen molar-refractivity contribution >= 4 is 32.4 Å². The highest BCUT2D eigenvalue weighted by Gasteiger charge is 2.53. The number of benzene rings is 3. The van der Waals surface area contributed by atoms with Crippen LogP contribution in [-0.4, -0.2) is 134 Å². The number of esters is 4. The Hall–Kier alpha value is -6.98. The molecule has 4 aromatic rings. The summed E-state index contributed by atoms with van der Waals surface area (Å²) in [6.07, 6.45) is -6.55. The van der Waals surface area contributed by atoms with Crippen LogP contribution in [0.4, 0.5) is 0 Å². The van der Waals surface area contributed by atoms with E-state index in [9.17, 15) is 34.0 Å². The van der Waals surface area contributed by atoms with Crippen LogP contribution in [0.5, 0.6) is 11.5 Å². The number of methoxy groups -OCH3 is 2. The molecule has 2 fully saturated rings. The molecule has 3 aromatic carbocycles. The largest absolute Gasteiger partial charge is 0.497 e. The fraction of sp³-hybridized carbons (Fsp3) is 0.508. The predicted molar refractivity (Wildman–Crippen MR) is 297 cm³/mol. The molecule has 22 nitrogen and oxygen atoms in total. The average Bonchev–Trinajstić information content (AvgIpc) is 3.32. The zero-order valence-corrected chi connectivity index (χ0v) is 48.8. The summed E-state index contributed by atoms with van der Waals surface area (Å²) in [6.45, 7) is 12.3. The first kappa shape index (κ1) is 64.2. The molecule has 0 radical (unpaired) electrons. The first-order valence-corrected chi connectivity index (χ1v) is 28.1. The molecule has 6 rings (SSSR count). The van der Waals surface area contributed by atoms with Crippen molar-refractivity contribution in [2.24, 2.45) is 0 Å². The lowest BCUT2D eigenvalue weighted by Crippen LogP contribution is -2.63. The number of carbonyl (C=O) groups excluding carboxylic acids is 4. The fourth-order valence-corrected chi connectivity index (χ4v) is 11.4. The summed E-state index contributed by atoms with van der Waals surface area (Å²) in [6, 6.07) is 27.0. The number of carbonyl (C=O) groups is 4. The van der Waals surface area contributed by atoms with E-state index in [1.165, 1.54) is 17.7 Å². The van der Waals surface area contributed by atoms with Gasteiger partial charge in [0.05, 0.1) is 46.0 Å². The summed E-state index contributed by atoms with van der Waals surface area (Å²) < 4.78 is 75.6. The van der Waals surface area contributed by atoms with Gasteiger partial charge in [-0.2, -0.15) is 5.26 Å². The van der Waals surface area contributed by atoms with Crippen molar-refractivity contribution in [2.75, 3.05) is 40.6 Å². The van der Waals surface area contributed by atoms with E-state index in [4.69, 9.17) is 56.4 Å². The van der Waals surface area contributed by atoms with Crippen molar-refractivity contribution in [3.8, 4) is 29.4 Å². The van der Waals surface area contributed by atoms with Gasteiger partial charge in [0, 0.05) is 65.4 Å². The quantitative estimate of drug-likeness (QED) is 0.0155. The van der Waals surface area contributed by atoms with Gasteiger partial charge in [0.2, 0.25) is 0 Å². The lowest BCUT2D eigenvalue weighted by Gasteiger charge is -2.44. The Morgan fingerprint density at radius 1 is 0.732 bits per heavy atom. The monoisotopic (exact) mass is 1160 g/mol. The number of nitrogens with zero attached hydrogens (tertiary/aromatic N) is 3. The molecule has 0 amide bonds. The highest BCUT2D eigenvalue weighted by Crippen LogP contribution is 2.51. The van der Waals surface area contributed by atoms with Crippen LogP contribution in [-0.2, 0) is 71.7 Å². The van der Waals surface area contributed by atoms with Crippen LogP contribution < -0.4 is 20.7 Å². The van der Waals surface area contributed by atoms with E-state index >= 15 is 0 Å². The van der Waals surface area contributed by atoms with E-state index in [-0.39, 0.29) is 56.7 Å². The van der Waals surface area contributed by atoms with Gasteiger partial charge in [-0.1, -0.05) is 66.4 Å². The second-order valence-electron chi connectivity index (χ2n) is 19.8. The number of aromatic nitrogens is 2. The van der Waals surface area contributed by atoms with Gasteiger partial charge in [0.25, 0.3) is 14.1 Å². The molecular formula is C59H73N4O18P. The molecule has 1 N–H and O–H groups in total. The van der Waals surface area contributed by atoms with Gasteiger partial charge in [0.1, 0.15) is 47.7 Å². The maximum Gasteiger partial charge on any atom is 0.330 e. The van der Waals surface area contributed by atoms with Crippen LogP contribution in [0.25, 0.3) is 0 Å². The minimum atomic E-state index is -1.82. The molecule has 0 spiro atoms. The summed E-state index contributed by atoms with van der Waals surface area (Å²) in [5.74, 6) is 4.24. The van der Waals surface area contributed by atoms with Crippen molar-refractivity contribution < 1.29 is 75.6 Å². The Bertz CT molecular complexity index is 2920. The lowest BCUT2D eigenvalue weighted by molar-refractivity contribution is -0.308. The standard InChI is InChI=1S/C59H73N4O18P/c1-37(2)63(38(3)4)82(75-32-18-30-60)81-49-33-52(79-50(49)36-74-59(44-20-15-13-16-21-44,45-22-26-47(70-9)27-23-45)46-24-28-48(71-10)29-25-46)62-34-43(56(68)61-58(62)69)19-14-11-12-17-31-72-57-55(78-42(8)67)54(77-41(7)66)53(76-40(6)65)51(80-57)35-73-39(5)64/h13,15-16,20-29,34,37-38,49-55,57H,11-12,17-18,31-33,35-36H2,1-10H3,(H,61,68,69)/t49-,50+,51+,52+,53-,54-,55+,57+,82?/m0/s1. The SMILES string of the molecule is COc1ccc(C(OC[C@H]2O[C@@H](n3cc(C#CCCCCO[C@@H]4O[C@H](COC(C)=O)[C@H](OC(C)=O)[C@H](OC(C)=O)[C@H]4OC(C)=O)c(=O)[nH]c3=O)C[C@@H]2OP(OCCC#N)N(C(C)C)C(C)C)(c2ccccc2)c2ccc(OC)cc2)cc1. The lowest BCUT2D eigenvalue weighted by atomic mass is 9.80. The van der Waals surface area contributed by atoms with Crippen LogP contribution in [0, 0.1) is 23.2 Å². The number of hydrogen-bond donors (Lipinski definition) is 1. The fourth-order valence-electron chi connectivity index (χ4n) is 9.61. The molecule has 0 bridgehead atoms. The third-order valence-corrected chi connectivity index (χ3v) is 15.3. The number of hydrogen-bond acceptors (Lipinski definition) is 20. The van der Waals surface area contributed by atoms with Crippen LogP contribution in [0.15, 0.2) is 94.6 Å². The van der Waals surface area contributed by atoms with Crippen molar-refractivity contribution in [3.63, 3.8) is 0 Å². The highest BCUT2D eigenvalue weighted by molar-refractivity contribution is 7.44.